The maximum absolute atomic E-state index is 10.8. The summed E-state index contributed by atoms with van der Waals surface area (Å²) < 4.78 is 6.07. The van der Waals surface area contributed by atoms with E-state index in [0.717, 1.165) is 15.9 Å². The number of carbonyl (C=O) groups excluding carboxylic acids is 1. The summed E-state index contributed by atoms with van der Waals surface area (Å²) in [5, 5.41) is 4.03. The molecule has 1 amide bonds. The van der Waals surface area contributed by atoms with E-state index in [-0.39, 0.29) is 0 Å². The first kappa shape index (κ1) is 11.1. The van der Waals surface area contributed by atoms with Crippen LogP contribution in [0.5, 0.6) is 5.88 Å². The minimum atomic E-state index is -0.593. The fourth-order valence-electron chi connectivity index (χ4n) is 1.42. The second-order valence-electron chi connectivity index (χ2n) is 3.48. The van der Waals surface area contributed by atoms with Gasteiger partial charge in [-0.1, -0.05) is 6.07 Å². The van der Waals surface area contributed by atoms with Crippen LogP contribution in [0.1, 0.15) is 11.3 Å². The summed E-state index contributed by atoms with van der Waals surface area (Å²) in [7, 11) is 1.57. The molecule has 0 aliphatic heterocycles. The lowest BCUT2D eigenvalue weighted by Gasteiger charge is -2.00. The minimum absolute atomic E-state index is 0.566. The van der Waals surface area contributed by atoms with Crippen LogP contribution in [0.2, 0.25) is 0 Å². The Labute approximate surface area is 98.0 Å². The van der Waals surface area contributed by atoms with E-state index in [2.05, 4.69) is 10.1 Å². The zero-order valence-electron chi connectivity index (χ0n) is 9.33. The lowest BCUT2D eigenvalue weighted by atomic mass is 10.2. The summed E-state index contributed by atoms with van der Waals surface area (Å²) in [5.41, 5.74) is 6.84. The number of rotatable bonds is 3. The number of amides is 1. The molecule has 0 bridgehead atoms. The zero-order chi connectivity index (χ0) is 12.3. The van der Waals surface area contributed by atoms with E-state index in [4.69, 9.17) is 10.5 Å². The molecule has 88 valence electrons. The topological polar surface area (TPSA) is 83.0 Å². The molecule has 0 aliphatic rings. The minimum Gasteiger partial charge on any atom is -0.481 e. The molecule has 0 unspecified atom stereocenters. The second kappa shape index (κ2) is 4.65. The van der Waals surface area contributed by atoms with E-state index >= 15 is 0 Å². The van der Waals surface area contributed by atoms with Crippen molar-refractivity contribution in [2.45, 2.75) is 6.42 Å². The number of nitrogens with two attached hydrogens (primary N) is 1. The number of aromatic nitrogens is 3. The molecule has 0 aromatic carbocycles. The lowest BCUT2D eigenvalue weighted by Crippen LogP contribution is -2.20. The number of pyridine rings is 1. The molecule has 0 spiro atoms. The molecule has 0 saturated heterocycles. The number of nitrogens with zero attached hydrogens (tertiary/aromatic N) is 3. The van der Waals surface area contributed by atoms with E-state index in [1.807, 2.05) is 6.07 Å². The van der Waals surface area contributed by atoms with Gasteiger partial charge in [0.2, 0.25) is 5.88 Å². The maximum Gasteiger partial charge on any atom is 0.339 e. The first-order valence-corrected chi connectivity index (χ1v) is 5.02. The van der Waals surface area contributed by atoms with Crippen molar-refractivity contribution in [3.05, 3.63) is 41.9 Å². The van der Waals surface area contributed by atoms with Gasteiger partial charge in [0, 0.05) is 24.9 Å². The molecule has 6 nitrogen and oxygen atoms in total. The van der Waals surface area contributed by atoms with Crippen molar-refractivity contribution in [2.75, 3.05) is 7.11 Å². The van der Waals surface area contributed by atoms with Crippen molar-refractivity contribution in [2.24, 2.45) is 5.73 Å². The third-order valence-electron chi connectivity index (χ3n) is 2.26. The molecule has 2 rings (SSSR count). The number of ether oxygens (including phenoxy) is 1. The van der Waals surface area contributed by atoms with Crippen LogP contribution in [-0.2, 0) is 6.42 Å². The van der Waals surface area contributed by atoms with Crippen molar-refractivity contribution in [1.29, 1.82) is 0 Å². The summed E-state index contributed by atoms with van der Waals surface area (Å²) in [6.07, 6.45) is 3.84. The fourth-order valence-corrected chi connectivity index (χ4v) is 1.42. The highest BCUT2D eigenvalue weighted by Crippen LogP contribution is 2.10. The first-order valence-electron chi connectivity index (χ1n) is 5.02. The van der Waals surface area contributed by atoms with E-state index in [0.29, 0.717) is 12.3 Å². The van der Waals surface area contributed by atoms with Crippen molar-refractivity contribution < 1.29 is 9.53 Å². The number of methoxy groups -OCH3 is 1. The lowest BCUT2D eigenvalue weighted by molar-refractivity contribution is 0.247. The smallest absolute Gasteiger partial charge is 0.339 e. The summed E-state index contributed by atoms with van der Waals surface area (Å²) in [6, 6.07) is 4.83. The average molecular weight is 232 g/mol. The van der Waals surface area contributed by atoms with Crippen LogP contribution in [0.15, 0.2) is 30.6 Å². The second-order valence-corrected chi connectivity index (χ2v) is 3.48. The van der Waals surface area contributed by atoms with Crippen molar-refractivity contribution >= 4 is 6.03 Å². The van der Waals surface area contributed by atoms with E-state index in [9.17, 15) is 4.79 Å². The van der Waals surface area contributed by atoms with Gasteiger partial charge in [0.1, 0.15) is 0 Å². The highest BCUT2D eigenvalue weighted by molar-refractivity contribution is 5.73. The molecule has 6 heteroatoms. The summed E-state index contributed by atoms with van der Waals surface area (Å²) in [4.78, 5) is 14.9. The standard InChI is InChI=1S/C11H12N4O2/c1-17-10-3-2-8(7-13-10)6-9-4-5-15(14-9)11(12)16/h2-5,7H,6H2,1H3,(H2,12,16). The number of hydrogen-bond acceptors (Lipinski definition) is 4. The van der Waals surface area contributed by atoms with Gasteiger partial charge < -0.3 is 10.5 Å². The van der Waals surface area contributed by atoms with Gasteiger partial charge in [-0.15, -0.1) is 0 Å². The van der Waals surface area contributed by atoms with Crippen LogP contribution < -0.4 is 10.5 Å². The summed E-state index contributed by atoms with van der Waals surface area (Å²) in [5.74, 6) is 0.566. The Morgan fingerprint density at radius 2 is 2.29 bits per heavy atom. The van der Waals surface area contributed by atoms with Gasteiger partial charge in [0.05, 0.1) is 12.8 Å². The van der Waals surface area contributed by atoms with Crippen molar-refractivity contribution in [3.8, 4) is 5.88 Å². The largest absolute Gasteiger partial charge is 0.481 e. The maximum atomic E-state index is 10.8. The van der Waals surface area contributed by atoms with E-state index < -0.39 is 6.03 Å². The Bertz CT molecular complexity index is 519. The quantitative estimate of drug-likeness (QED) is 0.848. The number of hydrogen-bond donors (Lipinski definition) is 1. The molecule has 0 fully saturated rings. The zero-order valence-corrected chi connectivity index (χ0v) is 9.33. The van der Waals surface area contributed by atoms with Crippen LogP contribution in [0.3, 0.4) is 0 Å². The molecule has 2 heterocycles. The fraction of sp³-hybridized carbons (Fsp3) is 0.182. The molecule has 0 atom stereocenters. The third-order valence-corrected chi connectivity index (χ3v) is 2.26. The van der Waals surface area contributed by atoms with Gasteiger partial charge in [0.15, 0.2) is 0 Å². The van der Waals surface area contributed by atoms with Crippen LogP contribution in [0, 0.1) is 0 Å². The molecule has 0 saturated carbocycles. The first-order chi connectivity index (χ1) is 8.19. The van der Waals surface area contributed by atoms with Gasteiger partial charge >= 0.3 is 6.03 Å². The highest BCUT2D eigenvalue weighted by atomic mass is 16.5. The Balaban J connectivity index is 2.11. The Hall–Kier alpha value is -2.37. The molecule has 2 aromatic heterocycles. The SMILES string of the molecule is COc1ccc(Cc2ccn(C(N)=O)n2)cn1. The average Bonchev–Trinajstić information content (AvgIpc) is 2.79. The predicted molar refractivity (Wildman–Crippen MR) is 60.8 cm³/mol. The molecular formula is C11H12N4O2. The van der Waals surface area contributed by atoms with Crippen LogP contribution >= 0.6 is 0 Å². The molecule has 0 radical (unpaired) electrons. The van der Waals surface area contributed by atoms with E-state index in [1.54, 1.807) is 25.4 Å². The van der Waals surface area contributed by atoms with Crippen LogP contribution in [0.4, 0.5) is 4.79 Å². The molecule has 0 aliphatic carbocycles. The van der Waals surface area contributed by atoms with Crippen molar-refractivity contribution in [1.82, 2.24) is 14.8 Å². The molecule has 17 heavy (non-hydrogen) atoms. The van der Waals surface area contributed by atoms with E-state index in [1.165, 1.54) is 6.20 Å². The van der Waals surface area contributed by atoms with Gasteiger partial charge in [-0.05, 0) is 11.6 Å². The molecule has 2 aromatic rings. The van der Waals surface area contributed by atoms with Gasteiger partial charge in [-0.25, -0.2) is 9.78 Å². The van der Waals surface area contributed by atoms with Crippen LogP contribution in [0.25, 0.3) is 0 Å². The summed E-state index contributed by atoms with van der Waals surface area (Å²) in [6.45, 7) is 0. The van der Waals surface area contributed by atoms with Gasteiger partial charge in [-0.2, -0.15) is 9.78 Å². The monoisotopic (exact) mass is 232 g/mol. The van der Waals surface area contributed by atoms with Gasteiger partial charge in [0.25, 0.3) is 0 Å². The Morgan fingerprint density at radius 3 is 2.82 bits per heavy atom. The Kier molecular flexibility index (Phi) is 3.04. The summed E-state index contributed by atoms with van der Waals surface area (Å²) >= 11 is 0. The number of primary amides is 1. The number of carbonyl (C=O) groups is 1. The third kappa shape index (κ3) is 2.60. The Morgan fingerprint density at radius 1 is 1.47 bits per heavy atom. The molecule has 2 N–H and O–H groups in total. The molecular weight excluding hydrogens is 220 g/mol. The highest BCUT2D eigenvalue weighted by Gasteiger charge is 2.04. The van der Waals surface area contributed by atoms with Gasteiger partial charge in [-0.3, -0.25) is 0 Å². The predicted octanol–water partition coefficient (Wildman–Crippen LogP) is 0.804. The normalized spacial score (nSPS) is 10.2. The van der Waals surface area contributed by atoms with Crippen molar-refractivity contribution in [3.63, 3.8) is 0 Å². The van der Waals surface area contributed by atoms with Crippen LogP contribution in [-0.4, -0.2) is 27.9 Å².